The van der Waals surface area contributed by atoms with Crippen LogP contribution in [0.1, 0.15) is 31.2 Å². The third kappa shape index (κ3) is 3.67. The molecule has 0 fully saturated rings. The average molecular weight is 446 g/mol. The first-order valence-electron chi connectivity index (χ1n) is 8.73. The number of hydrogen-bond donors (Lipinski definition) is 1. The van der Waals surface area contributed by atoms with Gasteiger partial charge in [0.2, 0.25) is 5.91 Å². The number of ether oxygens (including phenoxy) is 1. The molecule has 0 saturated carbocycles. The summed E-state index contributed by atoms with van der Waals surface area (Å²) in [4.78, 5) is 37.9. The number of carboxylic acid groups (broad SMARTS) is 1. The summed E-state index contributed by atoms with van der Waals surface area (Å²) in [6.45, 7) is 0.0680. The van der Waals surface area contributed by atoms with Gasteiger partial charge in [0.25, 0.3) is 5.91 Å². The number of benzene rings is 2. The summed E-state index contributed by atoms with van der Waals surface area (Å²) in [5.41, 5.74) is 1.08. The van der Waals surface area contributed by atoms with E-state index in [4.69, 9.17) is 16.3 Å². The number of carbonyl (C=O) groups excluding carboxylic acids is 2. The highest BCUT2D eigenvalue weighted by molar-refractivity contribution is 7.12. The zero-order valence-corrected chi connectivity index (χ0v) is 16.8. The number of halogens is 2. The molecule has 9 heteroatoms. The summed E-state index contributed by atoms with van der Waals surface area (Å²) in [5.74, 6) is -2.58. The number of fused-ring (bicyclic) bond motifs is 1. The van der Waals surface area contributed by atoms with Gasteiger partial charge in [0.1, 0.15) is 23.1 Å². The summed E-state index contributed by atoms with van der Waals surface area (Å²) in [6, 6.07) is 10.4. The number of amides is 2. The van der Waals surface area contributed by atoms with Crippen molar-refractivity contribution in [2.45, 2.75) is 13.0 Å². The van der Waals surface area contributed by atoms with Crippen LogP contribution >= 0.6 is 22.9 Å². The molecule has 2 amide bonds. The van der Waals surface area contributed by atoms with Crippen LogP contribution in [0.4, 0.5) is 10.1 Å². The van der Waals surface area contributed by atoms with Crippen LogP contribution in [-0.4, -0.2) is 22.9 Å². The van der Waals surface area contributed by atoms with E-state index in [1.807, 2.05) is 0 Å². The smallest absolute Gasteiger partial charge is 0.346 e. The Balaban J connectivity index is 1.65. The first kappa shape index (κ1) is 20.1. The van der Waals surface area contributed by atoms with Gasteiger partial charge in [-0.05, 0) is 40.8 Å². The first-order chi connectivity index (χ1) is 14.3. The highest BCUT2D eigenvalue weighted by Crippen LogP contribution is 2.36. The van der Waals surface area contributed by atoms with Crippen molar-refractivity contribution in [3.05, 3.63) is 80.3 Å². The van der Waals surface area contributed by atoms with E-state index in [-0.39, 0.29) is 34.2 Å². The maximum absolute atomic E-state index is 13.3. The third-order valence-corrected chi connectivity index (χ3v) is 5.86. The summed E-state index contributed by atoms with van der Waals surface area (Å²) < 4.78 is 19.0. The van der Waals surface area contributed by atoms with Crippen molar-refractivity contribution in [3.63, 3.8) is 0 Å². The van der Waals surface area contributed by atoms with Crippen LogP contribution < -0.4 is 9.64 Å². The third-order valence-electron chi connectivity index (χ3n) is 4.52. The number of rotatable bonds is 5. The van der Waals surface area contributed by atoms with Crippen molar-refractivity contribution in [1.82, 2.24) is 0 Å². The molecule has 0 radical (unpaired) electrons. The van der Waals surface area contributed by atoms with Crippen molar-refractivity contribution in [3.8, 4) is 5.75 Å². The maximum Gasteiger partial charge on any atom is 0.346 e. The molecule has 152 valence electrons. The lowest BCUT2D eigenvalue weighted by molar-refractivity contribution is -0.117. The largest absolute Gasteiger partial charge is 0.489 e. The van der Waals surface area contributed by atoms with Crippen molar-refractivity contribution in [1.29, 1.82) is 0 Å². The Labute approximate surface area is 179 Å². The Kier molecular flexibility index (Phi) is 5.27. The van der Waals surface area contributed by atoms with Crippen molar-refractivity contribution >= 4 is 46.4 Å². The predicted molar refractivity (Wildman–Crippen MR) is 109 cm³/mol. The summed E-state index contributed by atoms with van der Waals surface area (Å²) in [6.07, 6.45) is -0.116. The topological polar surface area (TPSA) is 83.9 Å². The molecule has 0 unspecified atom stereocenters. The van der Waals surface area contributed by atoms with E-state index in [1.165, 1.54) is 29.6 Å². The zero-order chi connectivity index (χ0) is 21.4. The fourth-order valence-corrected chi connectivity index (χ4v) is 4.27. The second-order valence-electron chi connectivity index (χ2n) is 6.51. The molecule has 0 bridgehead atoms. The van der Waals surface area contributed by atoms with E-state index >= 15 is 0 Å². The van der Waals surface area contributed by atoms with Gasteiger partial charge in [0, 0.05) is 6.07 Å². The molecule has 3 aromatic rings. The summed E-state index contributed by atoms with van der Waals surface area (Å²) >= 11 is 7.14. The van der Waals surface area contributed by atoms with Crippen LogP contribution in [0.3, 0.4) is 0 Å². The van der Waals surface area contributed by atoms with Gasteiger partial charge in [-0.25, -0.2) is 14.1 Å². The molecule has 1 N–H and O–H groups in total. The van der Waals surface area contributed by atoms with Crippen molar-refractivity contribution in [2.24, 2.45) is 0 Å². The molecule has 30 heavy (non-hydrogen) atoms. The lowest BCUT2D eigenvalue weighted by Crippen LogP contribution is -2.42. The van der Waals surface area contributed by atoms with Crippen molar-refractivity contribution < 1.29 is 28.6 Å². The molecule has 0 spiro atoms. The quantitative estimate of drug-likeness (QED) is 0.582. The number of carbonyl (C=O) groups is 3. The van der Waals surface area contributed by atoms with Crippen LogP contribution in [0.5, 0.6) is 5.75 Å². The minimum absolute atomic E-state index is 0.00533. The second kappa shape index (κ2) is 7.89. The van der Waals surface area contributed by atoms with Gasteiger partial charge in [-0.15, -0.1) is 11.3 Å². The van der Waals surface area contributed by atoms with Gasteiger partial charge in [0.15, 0.2) is 0 Å². The lowest BCUT2D eigenvalue weighted by Gasteiger charge is -2.26. The van der Waals surface area contributed by atoms with Gasteiger partial charge in [-0.2, -0.15) is 0 Å². The fraction of sp³-hybridized carbons (Fsp3) is 0.0952. The van der Waals surface area contributed by atoms with Crippen LogP contribution in [0.2, 0.25) is 5.02 Å². The standard InChI is InChI=1S/C21H13ClFNO5S/c22-15-5-4-14(29-9-11-2-1-3-13(23)6-11)8-16(15)24-17(25)7-12-10-30-19(21(27)28)18(12)20(24)26/h1-6,8,10H,7,9H2,(H,27,28). The normalized spacial score (nSPS) is 13.3. The Bertz CT molecular complexity index is 1190. The first-order valence-corrected chi connectivity index (χ1v) is 9.98. The number of hydrogen-bond acceptors (Lipinski definition) is 5. The Morgan fingerprint density at radius 3 is 2.77 bits per heavy atom. The molecule has 6 nitrogen and oxygen atoms in total. The fourth-order valence-electron chi connectivity index (χ4n) is 3.17. The molecular formula is C21H13ClFNO5S. The molecule has 1 aliphatic rings. The van der Waals surface area contributed by atoms with Gasteiger partial charge < -0.3 is 9.84 Å². The predicted octanol–water partition coefficient (Wildman–Crippen LogP) is 4.55. The van der Waals surface area contributed by atoms with Gasteiger partial charge >= 0.3 is 5.97 Å². The molecule has 2 aromatic carbocycles. The molecule has 1 aromatic heterocycles. The van der Waals surface area contributed by atoms with E-state index in [1.54, 1.807) is 18.2 Å². The summed E-state index contributed by atoms with van der Waals surface area (Å²) in [7, 11) is 0. The van der Waals surface area contributed by atoms with E-state index in [0.29, 0.717) is 16.9 Å². The Morgan fingerprint density at radius 2 is 2.03 bits per heavy atom. The van der Waals surface area contributed by atoms with E-state index < -0.39 is 23.6 Å². The minimum Gasteiger partial charge on any atom is -0.489 e. The SMILES string of the molecule is O=C(O)c1scc2c1C(=O)N(c1cc(OCc3cccc(F)c3)ccc1Cl)C(=O)C2. The Morgan fingerprint density at radius 1 is 1.23 bits per heavy atom. The van der Waals surface area contributed by atoms with E-state index in [0.717, 1.165) is 16.2 Å². The molecule has 4 rings (SSSR count). The molecular weight excluding hydrogens is 433 g/mol. The maximum atomic E-state index is 13.3. The second-order valence-corrected chi connectivity index (χ2v) is 7.80. The number of anilines is 1. The van der Waals surface area contributed by atoms with Crippen LogP contribution in [-0.2, 0) is 17.8 Å². The highest BCUT2D eigenvalue weighted by Gasteiger charge is 2.37. The average Bonchev–Trinajstić information content (AvgIpc) is 3.12. The molecule has 2 heterocycles. The Hall–Kier alpha value is -3.23. The van der Waals surface area contributed by atoms with E-state index in [2.05, 4.69) is 0 Å². The lowest BCUT2D eigenvalue weighted by atomic mass is 10.0. The van der Waals surface area contributed by atoms with Gasteiger partial charge in [-0.3, -0.25) is 9.59 Å². The van der Waals surface area contributed by atoms with Crippen LogP contribution in [0.25, 0.3) is 0 Å². The van der Waals surface area contributed by atoms with Crippen LogP contribution in [0.15, 0.2) is 47.8 Å². The molecule has 0 aliphatic carbocycles. The zero-order valence-electron chi connectivity index (χ0n) is 15.2. The highest BCUT2D eigenvalue weighted by atomic mass is 35.5. The number of aromatic carboxylic acids is 1. The summed E-state index contributed by atoms with van der Waals surface area (Å²) in [5, 5.41) is 11.0. The number of imide groups is 1. The monoisotopic (exact) mass is 445 g/mol. The number of thiophene rings is 1. The van der Waals surface area contributed by atoms with Crippen molar-refractivity contribution in [2.75, 3.05) is 4.90 Å². The van der Waals surface area contributed by atoms with E-state index in [9.17, 15) is 23.9 Å². The molecule has 0 saturated heterocycles. The number of carboxylic acids is 1. The minimum atomic E-state index is -1.23. The van der Waals surface area contributed by atoms with Gasteiger partial charge in [0.05, 0.1) is 22.7 Å². The number of nitrogens with zero attached hydrogens (tertiary/aromatic N) is 1. The molecule has 0 atom stereocenters. The van der Waals surface area contributed by atoms with Crippen LogP contribution in [0, 0.1) is 5.82 Å². The molecule has 1 aliphatic heterocycles. The van der Waals surface area contributed by atoms with Gasteiger partial charge in [-0.1, -0.05) is 23.7 Å².